The van der Waals surface area contributed by atoms with Crippen molar-refractivity contribution in [3.8, 4) is 11.5 Å². The number of aromatic hydroxyl groups is 2. The number of carbonyl (C=O) groups excluding carboxylic acids is 1. The molecule has 0 aliphatic carbocycles. The van der Waals surface area contributed by atoms with Crippen molar-refractivity contribution in [3.63, 3.8) is 0 Å². The van der Waals surface area contributed by atoms with Gasteiger partial charge in [-0.05, 0) is 30.5 Å². The largest absolute Gasteiger partial charge is 0.508 e. The Labute approximate surface area is 240 Å². The molecule has 1 amide bonds. The van der Waals surface area contributed by atoms with Crippen LogP contribution in [0, 0.1) is 5.92 Å². The van der Waals surface area contributed by atoms with Crippen LogP contribution in [0.3, 0.4) is 0 Å². The number of nitrogens with one attached hydrogen (secondary N) is 1. The zero-order valence-electron chi connectivity index (χ0n) is 24.1. The minimum absolute atomic E-state index is 0.0281. The van der Waals surface area contributed by atoms with Crippen LogP contribution in [0.4, 0.5) is 0 Å². The summed E-state index contributed by atoms with van der Waals surface area (Å²) in [6, 6.07) is 3.32. The number of aromatic carboxylic acids is 1. The molecule has 0 spiro atoms. The number of aromatic nitrogens is 3. The van der Waals surface area contributed by atoms with Gasteiger partial charge in [-0.2, -0.15) is 0 Å². The van der Waals surface area contributed by atoms with Gasteiger partial charge in [-0.25, -0.2) is 4.79 Å². The van der Waals surface area contributed by atoms with E-state index in [1.54, 1.807) is 7.05 Å². The van der Waals surface area contributed by atoms with E-state index in [2.05, 4.69) is 29.5 Å². The monoisotopic (exact) mass is 584 g/mol. The van der Waals surface area contributed by atoms with Gasteiger partial charge in [0.15, 0.2) is 0 Å². The summed E-state index contributed by atoms with van der Waals surface area (Å²) in [5, 5.41) is 36.9. The van der Waals surface area contributed by atoms with Crippen molar-refractivity contribution in [2.24, 2.45) is 5.92 Å². The van der Waals surface area contributed by atoms with Crippen LogP contribution < -0.4 is 5.32 Å². The van der Waals surface area contributed by atoms with Crippen LogP contribution >= 0.6 is 0 Å². The highest BCUT2D eigenvalue weighted by Gasteiger charge is 2.09. The van der Waals surface area contributed by atoms with Gasteiger partial charge in [0, 0.05) is 20.0 Å². The lowest BCUT2D eigenvalue weighted by Gasteiger charge is -2.07. The molecule has 0 radical (unpaired) electrons. The van der Waals surface area contributed by atoms with Crippen molar-refractivity contribution >= 4 is 11.9 Å². The molecule has 0 saturated heterocycles. The molecule has 2 rings (SSSR count). The molecule has 4 N–H and O–H groups in total. The highest BCUT2D eigenvalue weighted by Crippen LogP contribution is 2.21. The van der Waals surface area contributed by atoms with Gasteiger partial charge in [-0.1, -0.05) is 19.1 Å². The Morgan fingerprint density at radius 1 is 0.902 bits per heavy atom. The minimum Gasteiger partial charge on any atom is -0.508 e. The first kappa shape index (κ1) is 35.7. The summed E-state index contributed by atoms with van der Waals surface area (Å²) in [6.45, 7) is 10.1. The number of aryl methyl sites for hydroxylation is 1. The van der Waals surface area contributed by atoms with Crippen LogP contribution in [0.15, 0.2) is 24.4 Å². The molecule has 0 unspecified atom stereocenters. The van der Waals surface area contributed by atoms with E-state index in [0.29, 0.717) is 78.4 Å². The predicted molar refractivity (Wildman–Crippen MR) is 148 cm³/mol. The minimum atomic E-state index is -1.27. The number of phenols is 2. The fraction of sp³-hybridized carbons (Fsp3) is 0.630. The highest BCUT2D eigenvalue weighted by molar-refractivity contribution is 5.91. The van der Waals surface area contributed by atoms with Crippen LogP contribution in [0.25, 0.3) is 0 Å². The first-order valence-corrected chi connectivity index (χ1v) is 13.5. The van der Waals surface area contributed by atoms with Crippen LogP contribution in [0.5, 0.6) is 11.5 Å². The smallest absolute Gasteiger partial charge is 0.339 e. The van der Waals surface area contributed by atoms with E-state index in [1.165, 1.54) is 6.07 Å². The van der Waals surface area contributed by atoms with Crippen LogP contribution in [0.2, 0.25) is 0 Å². The van der Waals surface area contributed by atoms with Crippen molar-refractivity contribution in [2.45, 2.75) is 39.8 Å². The van der Waals surface area contributed by atoms with Gasteiger partial charge in [-0.3, -0.25) is 9.48 Å². The number of nitrogens with zero attached hydrogens (tertiary/aromatic N) is 3. The summed E-state index contributed by atoms with van der Waals surface area (Å²) in [4.78, 5) is 21.3. The van der Waals surface area contributed by atoms with E-state index < -0.39 is 5.97 Å². The zero-order chi connectivity index (χ0) is 30.3. The van der Waals surface area contributed by atoms with Crippen molar-refractivity contribution in [3.05, 3.63) is 35.7 Å². The normalized spacial score (nSPS) is 10.8. The Kier molecular flexibility index (Phi) is 19.5. The number of ether oxygens (including phenoxy) is 5. The quantitative estimate of drug-likeness (QED) is 0.124. The number of carbonyl (C=O) groups is 2. The molecule has 0 bridgehead atoms. The summed E-state index contributed by atoms with van der Waals surface area (Å²) in [5.41, 5.74) is 0.531. The number of amides is 1. The Balaban J connectivity index is 0.000000634. The van der Waals surface area contributed by atoms with Crippen molar-refractivity contribution in [1.82, 2.24) is 20.3 Å². The molecule has 0 fully saturated rings. The lowest BCUT2D eigenvalue weighted by Crippen LogP contribution is -2.20. The average Bonchev–Trinajstić information content (AvgIpc) is 3.40. The molecule has 0 aliphatic heterocycles. The van der Waals surface area contributed by atoms with Gasteiger partial charge in [0.2, 0.25) is 5.91 Å². The maximum atomic E-state index is 11.0. The lowest BCUT2D eigenvalue weighted by atomic mass is 10.1. The van der Waals surface area contributed by atoms with E-state index in [4.69, 9.17) is 39.0 Å². The second-order valence-electron chi connectivity index (χ2n) is 9.09. The van der Waals surface area contributed by atoms with Crippen molar-refractivity contribution in [2.75, 3.05) is 66.5 Å². The predicted octanol–water partition coefficient (Wildman–Crippen LogP) is 1.84. The van der Waals surface area contributed by atoms with E-state index in [1.807, 2.05) is 10.9 Å². The Hall–Kier alpha value is -3.30. The van der Waals surface area contributed by atoms with Gasteiger partial charge < -0.3 is 44.3 Å². The fourth-order valence-electron chi connectivity index (χ4n) is 2.95. The van der Waals surface area contributed by atoms with E-state index in [9.17, 15) is 9.59 Å². The summed E-state index contributed by atoms with van der Waals surface area (Å²) >= 11 is 0. The molecule has 1 aromatic carbocycles. The molecule has 14 heteroatoms. The number of phenolic OH excluding ortho intramolecular Hbond substituents is 1. The van der Waals surface area contributed by atoms with Crippen molar-refractivity contribution < 1.29 is 48.6 Å². The topological polar surface area (TPSA) is 184 Å². The summed E-state index contributed by atoms with van der Waals surface area (Å²) < 4.78 is 28.9. The Morgan fingerprint density at radius 3 is 1.98 bits per heavy atom. The molecule has 41 heavy (non-hydrogen) atoms. The molecule has 2 aromatic rings. The second-order valence-corrected chi connectivity index (χ2v) is 9.09. The fourth-order valence-corrected chi connectivity index (χ4v) is 2.95. The molecule has 14 nitrogen and oxygen atoms in total. The molecule has 0 saturated carbocycles. The third-order valence-electron chi connectivity index (χ3n) is 5.22. The van der Waals surface area contributed by atoms with Crippen LogP contribution in [-0.4, -0.2) is 109 Å². The standard InChI is InChI=1S/C20H38N4O6.C7H6O4/c1-18(2)4-6-24-16-19(22-23-24)17-30-15-14-29-13-12-28-11-10-27-9-8-26-7-5-20(25)21-3;8-4-1-2-6(9)5(3-4)7(10)11/h16,18H,4-15,17H2,1-3H3,(H,21,25);1-3,8-9H,(H,10,11). The van der Waals surface area contributed by atoms with Gasteiger partial charge in [-0.15, -0.1) is 5.10 Å². The SMILES string of the molecule is CNC(=O)CCOCCOCCOCCOCCOCc1cn(CCC(C)C)nn1.O=C(O)c1cc(O)ccc1O. The third-order valence-corrected chi connectivity index (χ3v) is 5.22. The third kappa shape index (κ3) is 18.6. The van der Waals surface area contributed by atoms with Gasteiger partial charge in [0.1, 0.15) is 22.8 Å². The molecule has 1 aromatic heterocycles. The number of hydrogen-bond acceptors (Lipinski definition) is 11. The summed E-state index contributed by atoms with van der Waals surface area (Å²) in [7, 11) is 1.61. The molecular weight excluding hydrogens is 540 g/mol. The zero-order valence-corrected chi connectivity index (χ0v) is 24.1. The van der Waals surface area contributed by atoms with E-state index in [0.717, 1.165) is 30.8 Å². The number of carboxylic acids is 1. The van der Waals surface area contributed by atoms with Crippen LogP contribution in [-0.2, 0) is 41.6 Å². The molecule has 1 heterocycles. The van der Waals surface area contributed by atoms with Gasteiger partial charge >= 0.3 is 5.97 Å². The molecular formula is C27H44N4O10. The first-order chi connectivity index (χ1) is 19.7. The van der Waals surface area contributed by atoms with Gasteiger partial charge in [0.05, 0.1) is 72.3 Å². The molecule has 232 valence electrons. The summed E-state index contributed by atoms with van der Waals surface area (Å²) in [5.74, 6) is -1.18. The lowest BCUT2D eigenvalue weighted by molar-refractivity contribution is -0.121. The maximum Gasteiger partial charge on any atom is 0.339 e. The number of hydrogen-bond donors (Lipinski definition) is 4. The highest BCUT2D eigenvalue weighted by atomic mass is 16.6. The molecule has 0 atom stereocenters. The molecule has 0 aliphatic rings. The maximum absolute atomic E-state index is 11.0. The van der Waals surface area contributed by atoms with Gasteiger partial charge in [0.25, 0.3) is 0 Å². The Bertz CT molecular complexity index is 987. The number of rotatable bonds is 21. The van der Waals surface area contributed by atoms with Crippen LogP contribution in [0.1, 0.15) is 42.7 Å². The average molecular weight is 585 g/mol. The number of benzene rings is 1. The Morgan fingerprint density at radius 2 is 1.46 bits per heavy atom. The second kappa shape index (κ2) is 22.4. The number of carboxylic acid groups (broad SMARTS) is 1. The van der Waals surface area contributed by atoms with E-state index >= 15 is 0 Å². The van der Waals surface area contributed by atoms with Crippen molar-refractivity contribution in [1.29, 1.82) is 0 Å². The first-order valence-electron chi connectivity index (χ1n) is 13.5. The van der Waals surface area contributed by atoms with E-state index in [-0.39, 0.29) is 23.0 Å². The summed E-state index contributed by atoms with van der Waals surface area (Å²) in [6.07, 6.45) is 3.38.